The van der Waals surface area contributed by atoms with Gasteiger partial charge in [-0.25, -0.2) is 4.39 Å². The van der Waals surface area contributed by atoms with Crippen LogP contribution in [0.1, 0.15) is 52.4 Å². The first-order valence-corrected chi connectivity index (χ1v) is 13.8. The fourth-order valence-corrected chi connectivity index (χ4v) is 5.32. The Morgan fingerprint density at radius 1 is 1.39 bits per heavy atom. The summed E-state index contributed by atoms with van der Waals surface area (Å²) in [7, 11) is 3.99. The summed E-state index contributed by atoms with van der Waals surface area (Å²) in [5, 5.41) is 9.77. The van der Waals surface area contributed by atoms with Crippen molar-refractivity contribution in [3.05, 3.63) is 34.8 Å². The van der Waals surface area contributed by atoms with E-state index in [1.807, 2.05) is 14.1 Å². The largest absolute Gasteiger partial charge is 0.482 e. The average Bonchev–Trinajstić information content (AvgIpc) is 2.86. The van der Waals surface area contributed by atoms with Gasteiger partial charge in [-0.2, -0.15) is 0 Å². The molecule has 5 atom stereocenters. The fraction of sp³-hybridized carbons (Fsp3) is 0.714. The van der Waals surface area contributed by atoms with Crippen molar-refractivity contribution in [2.45, 2.75) is 76.7 Å². The van der Waals surface area contributed by atoms with E-state index in [4.69, 9.17) is 16.2 Å². The van der Waals surface area contributed by atoms with Gasteiger partial charge >= 0.3 is 0 Å². The number of ether oxygens (including phenoxy) is 1. The molecule has 0 bridgehead atoms. The van der Waals surface area contributed by atoms with Gasteiger partial charge in [0.25, 0.3) is 0 Å². The highest BCUT2D eigenvalue weighted by Crippen LogP contribution is 2.38. The number of allylic oxidation sites excluding steroid dienone is 2. The molecule has 0 aromatic heterocycles. The molecule has 5 unspecified atom stereocenters. The summed E-state index contributed by atoms with van der Waals surface area (Å²) in [6.07, 6.45) is 6.48. The Morgan fingerprint density at radius 3 is 2.84 bits per heavy atom. The lowest BCUT2D eigenvalue weighted by molar-refractivity contribution is -0.128. The van der Waals surface area contributed by atoms with Gasteiger partial charge < -0.3 is 37.1 Å². The molecule has 0 aromatic rings. The van der Waals surface area contributed by atoms with Crippen LogP contribution < -0.4 is 27.4 Å². The second kappa shape index (κ2) is 14.1. The van der Waals surface area contributed by atoms with Crippen LogP contribution in [0.2, 0.25) is 0 Å². The Hall–Kier alpha value is -2.45. The van der Waals surface area contributed by atoms with Crippen molar-refractivity contribution in [2.24, 2.45) is 27.8 Å². The summed E-state index contributed by atoms with van der Waals surface area (Å²) in [6.45, 7) is 6.85. The molecule has 212 valence electrons. The highest BCUT2D eigenvalue weighted by molar-refractivity contribution is 5.82. The Labute approximate surface area is 226 Å². The number of aliphatic imine (C=N–C) groups is 1. The number of carbonyl (C=O) groups is 1. The summed E-state index contributed by atoms with van der Waals surface area (Å²) in [6, 6.07) is -0.819. The number of piperidine rings is 1. The molecule has 0 aromatic carbocycles. The SMILES string of the molecule is CCCCC1(C)C/C=C(/F)C=NC(C(C(=O)NC2CNCCC2OC2=C=C=C(CN(C)C)NC2)C(N)N)C1. The zero-order chi connectivity index (χ0) is 27.7. The van der Waals surface area contributed by atoms with Crippen LogP contribution in [0.5, 0.6) is 0 Å². The number of nitrogens with one attached hydrogen (secondary N) is 3. The number of nitrogens with zero attached hydrogens (tertiary/aromatic N) is 2. The molecule has 3 rings (SSSR count). The molecule has 38 heavy (non-hydrogen) atoms. The van der Waals surface area contributed by atoms with E-state index in [1.165, 1.54) is 6.21 Å². The molecule has 0 aliphatic carbocycles. The normalized spacial score (nSPS) is 29.9. The molecule has 0 saturated carbocycles. The Balaban J connectivity index is 1.75. The van der Waals surface area contributed by atoms with Crippen molar-refractivity contribution < 1.29 is 13.9 Å². The topological polar surface area (TPSA) is 130 Å². The van der Waals surface area contributed by atoms with Gasteiger partial charge in [0.2, 0.25) is 5.91 Å². The van der Waals surface area contributed by atoms with Crippen molar-refractivity contribution in [3.8, 4) is 0 Å². The number of amides is 1. The summed E-state index contributed by atoms with van der Waals surface area (Å²) in [5.74, 6) is -0.819. The quantitative estimate of drug-likeness (QED) is 0.203. The number of unbranched alkanes of at least 4 members (excludes halogenated alkanes) is 1. The van der Waals surface area contributed by atoms with Crippen molar-refractivity contribution in [2.75, 3.05) is 40.3 Å². The maximum Gasteiger partial charge on any atom is 0.228 e. The van der Waals surface area contributed by atoms with Gasteiger partial charge in [0.1, 0.15) is 11.9 Å². The minimum Gasteiger partial charge on any atom is -0.482 e. The molecule has 3 aliphatic rings. The van der Waals surface area contributed by atoms with E-state index < -0.39 is 24.0 Å². The smallest absolute Gasteiger partial charge is 0.228 e. The lowest BCUT2D eigenvalue weighted by Crippen LogP contribution is -2.60. The summed E-state index contributed by atoms with van der Waals surface area (Å²) in [5.41, 5.74) is 19.3. The minimum absolute atomic E-state index is 0.201. The molecule has 10 heteroatoms. The van der Waals surface area contributed by atoms with Gasteiger partial charge in [0, 0.05) is 13.1 Å². The number of likely N-dealkylation sites (N-methyl/N-ethyl adjacent to an activating group) is 1. The molecule has 1 amide bonds. The van der Waals surface area contributed by atoms with Crippen LogP contribution in [-0.4, -0.2) is 81.6 Å². The third-order valence-electron chi connectivity index (χ3n) is 7.48. The van der Waals surface area contributed by atoms with Gasteiger partial charge in [-0.1, -0.05) is 26.7 Å². The molecule has 1 saturated heterocycles. The van der Waals surface area contributed by atoms with Crippen LogP contribution in [-0.2, 0) is 9.53 Å². The molecule has 9 nitrogen and oxygen atoms in total. The van der Waals surface area contributed by atoms with Crippen LogP contribution in [0.4, 0.5) is 4.39 Å². The zero-order valence-corrected chi connectivity index (χ0v) is 23.4. The minimum atomic E-state index is -0.941. The second-order valence-electron chi connectivity index (χ2n) is 11.4. The number of carbonyl (C=O) groups excluding carboxylic acids is 1. The van der Waals surface area contributed by atoms with E-state index in [0.29, 0.717) is 31.7 Å². The van der Waals surface area contributed by atoms with Gasteiger partial charge in [0.15, 0.2) is 5.76 Å². The maximum absolute atomic E-state index is 14.4. The van der Waals surface area contributed by atoms with Crippen LogP contribution in [0.15, 0.2) is 39.8 Å². The summed E-state index contributed by atoms with van der Waals surface area (Å²) >= 11 is 0. The molecule has 1 fully saturated rings. The van der Waals surface area contributed by atoms with Crippen molar-refractivity contribution >= 4 is 12.1 Å². The number of nitrogens with two attached hydrogens (primary N) is 2. The average molecular weight is 532 g/mol. The highest BCUT2D eigenvalue weighted by atomic mass is 19.1. The van der Waals surface area contributed by atoms with E-state index in [1.54, 1.807) is 6.08 Å². The predicted octanol–water partition coefficient (Wildman–Crippen LogP) is 1.68. The molecule has 0 spiro atoms. The van der Waals surface area contributed by atoms with Gasteiger partial charge in [-0.15, -0.1) is 0 Å². The van der Waals surface area contributed by atoms with E-state index in [-0.39, 0.29) is 23.5 Å². The van der Waals surface area contributed by atoms with Crippen molar-refractivity contribution in [1.82, 2.24) is 20.9 Å². The maximum atomic E-state index is 14.4. The third kappa shape index (κ3) is 8.80. The highest BCUT2D eigenvalue weighted by Gasteiger charge is 2.39. The van der Waals surface area contributed by atoms with Gasteiger partial charge in [-0.3, -0.25) is 9.79 Å². The third-order valence-corrected chi connectivity index (χ3v) is 7.48. The monoisotopic (exact) mass is 531 g/mol. The van der Waals surface area contributed by atoms with Crippen LogP contribution in [0.3, 0.4) is 0 Å². The van der Waals surface area contributed by atoms with Crippen molar-refractivity contribution in [1.29, 1.82) is 0 Å². The Kier molecular flexibility index (Phi) is 11.2. The Morgan fingerprint density at radius 2 is 2.18 bits per heavy atom. The molecule has 3 aliphatic heterocycles. The van der Waals surface area contributed by atoms with Crippen LogP contribution in [0.25, 0.3) is 0 Å². The number of rotatable bonds is 11. The van der Waals surface area contributed by atoms with E-state index >= 15 is 0 Å². The predicted molar refractivity (Wildman–Crippen MR) is 149 cm³/mol. The zero-order valence-electron chi connectivity index (χ0n) is 23.4. The van der Waals surface area contributed by atoms with Gasteiger partial charge in [-0.05, 0) is 69.3 Å². The van der Waals surface area contributed by atoms with Crippen molar-refractivity contribution in [3.63, 3.8) is 0 Å². The first-order chi connectivity index (χ1) is 18.1. The second-order valence-corrected chi connectivity index (χ2v) is 11.4. The van der Waals surface area contributed by atoms with Crippen LogP contribution in [0, 0.1) is 11.3 Å². The first kappa shape index (κ1) is 30.1. The number of halogens is 1. The fourth-order valence-electron chi connectivity index (χ4n) is 5.32. The molecule has 0 radical (unpaired) electrons. The lowest BCUT2D eigenvalue weighted by Gasteiger charge is -2.38. The van der Waals surface area contributed by atoms with Gasteiger partial charge in [0.05, 0.1) is 42.6 Å². The standard InChI is InChI=1S/C28H46FN7O2/c1-5-6-11-28(2)12-9-19(29)15-34-22(14-28)25(26(30)31)27(37)35-23-17-32-13-10-24(23)38-21-8-7-20(33-16-21)18-36(3)4/h9,15,22-26,32-33H,5-6,10-14,16-18,30-31H2,1-4H3,(H,35,37)/b19-9+,34-15?. The van der Waals surface area contributed by atoms with E-state index in [9.17, 15) is 9.18 Å². The molecule has 3 heterocycles. The molecule has 7 N–H and O–H groups in total. The molecular formula is C28H46FN7O2. The first-order valence-electron chi connectivity index (χ1n) is 13.8. The number of hydrogen-bond donors (Lipinski definition) is 5. The Bertz CT molecular complexity index is 982. The molecular weight excluding hydrogens is 485 g/mol. The van der Waals surface area contributed by atoms with E-state index in [0.717, 1.165) is 44.5 Å². The summed E-state index contributed by atoms with van der Waals surface area (Å²) in [4.78, 5) is 20.2. The van der Waals surface area contributed by atoms with E-state index in [2.05, 4.69) is 51.2 Å². The summed E-state index contributed by atoms with van der Waals surface area (Å²) < 4.78 is 20.6. The van der Waals surface area contributed by atoms with Crippen LogP contribution >= 0.6 is 0 Å². The number of hydrogen-bond acceptors (Lipinski definition) is 8. The lowest BCUT2D eigenvalue weighted by atomic mass is 9.73.